The van der Waals surface area contributed by atoms with Crippen molar-refractivity contribution in [2.75, 3.05) is 13.1 Å². The van der Waals surface area contributed by atoms with Crippen molar-refractivity contribution in [2.24, 2.45) is 5.41 Å². The summed E-state index contributed by atoms with van der Waals surface area (Å²) in [5.41, 5.74) is 0.372. The SMILES string of the molecule is C=CCC(C)(C)CNCCC. The van der Waals surface area contributed by atoms with Crippen molar-refractivity contribution in [1.82, 2.24) is 5.32 Å². The molecule has 0 rings (SSSR count). The first kappa shape index (κ1) is 10.7. The molecular weight excluding hydrogens is 134 g/mol. The molecule has 0 amide bonds. The number of nitrogens with one attached hydrogen (secondary N) is 1. The van der Waals surface area contributed by atoms with Crippen LogP contribution in [0.25, 0.3) is 0 Å². The predicted molar refractivity (Wildman–Crippen MR) is 51.8 cm³/mol. The van der Waals surface area contributed by atoms with Crippen LogP contribution in [-0.2, 0) is 0 Å². The van der Waals surface area contributed by atoms with Crippen LogP contribution < -0.4 is 5.32 Å². The van der Waals surface area contributed by atoms with Crippen LogP contribution >= 0.6 is 0 Å². The van der Waals surface area contributed by atoms with Gasteiger partial charge in [0.15, 0.2) is 0 Å². The zero-order valence-electron chi connectivity index (χ0n) is 8.11. The van der Waals surface area contributed by atoms with Crippen molar-refractivity contribution in [3.63, 3.8) is 0 Å². The minimum absolute atomic E-state index is 0.372. The Bertz CT molecular complexity index is 105. The first-order valence-electron chi connectivity index (χ1n) is 4.44. The summed E-state index contributed by atoms with van der Waals surface area (Å²) in [4.78, 5) is 0. The molecule has 0 unspecified atom stereocenters. The van der Waals surface area contributed by atoms with E-state index < -0.39 is 0 Å². The average molecular weight is 155 g/mol. The second-order valence-corrected chi connectivity index (χ2v) is 3.83. The highest BCUT2D eigenvalue weighted by atomic mass is 14.9. The lowest BCUT2D eigenvalue weighted by Gasteiger charge is -2.23. The minimum Gasteiger partial charge on any atom is -0.316 e. The molecule has 1 N–H and O–H groups in total. The van der Waals surface area contributed by atoms with Gasteiger partial charge in [0.2, 0.25) is 0 Å². The van der Waals surface area contributed by atoms with E-state index in [0.29, 0.717) is 5.41 Å². The Kier molecular flexibility index (Phi) is 5.22. The van der Waals surface area contributed by atoms with Crippen molar-refractivity contribution >= 4 is 0 Å². The molecule has 0 bridgehead atoms. The number of hydrogen-bond acceptors (Lipinski definition) is 1. The predicted octanol–water partition coefficient (Wildman–Crippen LogP) is 2.59. The Morgan fingerprint density at radius 1 is 1.45 bits per heavy atom. The van der Waals surface area contributed by atoms with Gasteiger partial charge in [-0.2, -0.15) is 0 Å². The Morgan fingerprint density at radius 2 is 2.09 bits per heavy atom. The van der Waals surface area contributed by atoms with E-state index >= 15 is 0 Å². The lowest BCUT2D eigenvalue weighted by atomic mass is 9.89. The van der Waals surface area contributed by atoms with E-state index in [1.807, 2.05) is 6.08 Å². The molecule has 1 heteroatoms. The topological polar surface area (TPSA) is 12.0 Å². The molecule has 0 aromatic heterocycles. The zero-order chi connectivity index (χ0) is 8.74. The molecule has 0 radical (unpaired) electrons. The largest absolute Gasteiger partial charge is 0.316 e. The van der Waals surface area contributed by atoms with Gasteiger partial charge >= 0.3 is 0 Å². The maximum absolute atomic E-state index is 3.75. The van der Waals surface area contributed by atoms with Gasteiger partial charge in [-0.15, -0.1) is 6.58 Å². The molecule has 0 heterocycles. The first-order valence-corrected chi connectivity index (χ1v) is 4.44. The van der Waals surface area contributed by atoms with Crippen LogP contribution in [-0.4, -0.2) is 13.1 Å². The fourth-order valence-corrected chi connectivity index (χ4v) is 1.07. The molecule has 0 atom stereocenters. The second-order valence-electron chi connectivity index (χ2n) is 3.83. The van der Waals surface area contributed by atoms with Gasteiger partial charge in [-0.3, -0.25) is 0 Å². The second kappa shape index (κ2) is 5.36. The van der Waals surface area contributed by atoms with Crippen LogP contribution in [0.2, 0.25) is 0 Å². The summed E-state index contributed by atoms with van der Waals surface area (Å²) in [6.07, 6.45) is 4.29. The third-order valence-corrected chi connectivity index (χ3v) is 1.73. The van der Waals surface area contributed by atoms with Crippen LogP contribution in [0.15, 0.2) is 12.7 Å². The highest BCUT2D eigenvalue weighted by Crippen LogP contribution is 2.18. The van der Waals surface area contributed by atoms with Crippen LogP contribution in [0.5, 0.6) is 0 Å². The molecule has 0 aliphatic heterocycles. The minimum atomic E-state index is 0.372. The summed E-state index contributed by atoms with van der Waals surface area (Å²) in [6, 6.07) is 0. The Labute approximate surface area is 70.9 Å². The molecule has 0 saturated carbocycles. The van der Waals surface area contributed by atoms with Crippen LogP contribution in [0.4, 0.5) is 0 Å². The molecule has 1 nitrogen and oxygen atoms in total. The molecule has 0 saturated heterocycles. The third-order valence-electron chi connectivity index (χ3n) is 1.73. The van der Waals surface area contributed by atoms with E-state index in [4.69, 9.17) is 0 Å². The van der Waals surface area contributed by atoms with E-state index in [2.05, 4.69) is 32.7 Å². The zero-order valence-corrected chi connectivity index (χ0v) is 8.11. The summed E-state index contributed by atoms with van der Waals surface area (Å²) >= 11 is 0. The summed E-state index contributed by atoms with van der Waals surface area (Å²) in [5.74, 6) is 0. The van der Waals surface area contributed by atoms with E-state index in [1.54, 1.807) is 0 Å². The van der Waals surface area contributed by atoms with E-state index in [9.17, 15) is 0 Å². The standard InChI is InChI=1S/C10H21N/c1-5-7-10(3,4)9-11-8-6-2/h5,11H,1,6-9H2,2-4H3. The van der Waals surface area contributed by atoms with Gasteiger partial charge < -0.3 is 5.32 Å². The van der Waals surface area contributed by atoms with Gasteiger partial charge in [0.25, 0.3) is 0 Å². The maximum Gasteiger partial charge on any atom is 0.000548 e. The van der Waals surface area contributed by atoms with Crippen molar-refractivity contribution in [3.05, 3.63) is 12.7 Å². The average Bonchev–Trinajstić information content (AvgIpc) is 1.87. The number of rotatable bonds is 6. The molecule has 0 aromatic carbocycles. The monoisotopic (exact) mass is 155 g/mol. The van der Waals surface area contributed by atoms with Crippen LogP contribution in [0, 0.1) is 5.41 Å². The highest BCUT2D eigenvalue weighted by Gasteiger charge is 2.14. The maximum atomic E-state index is 3.75. The summed E-state index contributed by atoms with van der Waals surface area (Å²) < 4.78 is 0. The highest BCUT2D eigenvalue weighted by molar-refractivity contribution is 4.80. The fourth-order valence-electron chi connectivity index (χ4n) is 1.07. The van der Waals surface area contributed by atoms with Gasteiger partial charge in [0, 0.05) is 6.54 Å². The van der Waals surface area contributed by atoms with Gasteiger partial charge in [-0.25, -0.2) is 0 Å². The Morgan fingerprint density at radius 3 is 2.55 bits per heavy atom. The molecular formula is C10H21N. The fraction of sp³-hybridized carbons (Fsp3) is 0.800. The van der Waals surface area contributed by atoms with Gasteiger partial charge in [-0.05, 0) is 24.8 Å². The Hall–Kier alpha value is -0.300. The van der Waals surface area contributed by atoms with E-state index in [1.165, 1.54) is 6.42 Å². The summed E-state index contributed by atoms with van der Waals surface area (Å²) in [6.45, 7) is 12.7. The van der Waals surface area contributed by atoms with Crippen molar-refractivity contribution in [2.45, 2.75) is 33.6 Å². The lowest BCUT2D eigenvalue weighted by Crippen LogP contribution is -2.29. The molecule has 0 aliphatic carbocycles. The molecule has 0 aromatic rings. The molecule has 66 valence electrons. The van der Waals surface area contributed by atoms with E-state index in [-0.39, 0.29) is 0 Å². The first-order chi connectivity index (χ1) is 5.12. The Balaban J connectivity index is 3.45. The van der Waals surface area contributed by atoms with Crippen molar-refractivity contribution in [3.8, 4) is 0 Å². The van der Waals surface area contributed by atoms with Gasteiger partial charge in [0.05, 0.1) is 0 Å². The molecule has 0 aliphatic rings. The van der Waals surface area contributed by atoms with Crippen molar-refractivity contribution < 1.29 is 0 Å². The smallest absolute Gasteiger partial charge is 0.000548 e. The lowest BCUT2D eigenvalue weighted by molar-refractivity contribution is 0.346. The van der Waals surface area contributed by atoms with E-state index in [0.717, 1.165) is 19.5 Å². The quantitative estimate of drug-likeness (QED) is 0.459. The number of allylic oxidation sites excluding steroid dienone is 1. The van der Waals surface area contributed by atoms with Gasteiger partial charge in [-0.1, -0.05) is 26.8 Å². The summed E-state index contributed by atoms with van der Waals surface area (Å²) in [7, 11) is 0. The third kappa shape index (κ3) is 6.11. The van der Waals surface area contributed by atoms with Gasteiger partial charge in [0.1, 0.15) is 0 Å². The van der Waals surface area contributed by atoms with Crippen LogP contribution in [0.1, 0.15) is 33.6 Å². The summed E-state index contributed by atoms with van der Waals surface area (Å²) in [5, 5.41) is 3.41. The normalized spacial score (nSPS) is 11.5. The van der Waals surface area contributed by atoms with Crippen molar-refractivity contribution in [1.29, 1.82) is 0 Å². The molecule has 0 spiro atoms. The molecule has 11 heavy (non-hydrogen) atoms. The molecule has 0 fully saturated rings. The number of hydrogen-bond donors (Lipinski definition) is 1. The van der Waals surface area contributed by atoms with Crippen LogP contribution in [0.3, 0.4) is 0 Å².